The molecule has 0 aromatic heterocycles. The van der Waals surface area contributed by atoms with Gasteiger partial charge in [0.15, 0.2) is 6.29 Å². The maximum atomic E-state index is 12.2. The first kappa shape index (κ1) is 17.3. The van der Waals surface area contributed by atoms with Gasteiger partial charge in [-0.15, -0.1) is 0 Å². The molecule has 23 heavy (non-hydrogen) atoms. The molecule has 2 aliphatic carbocycles. The Balaban J connectivity index is 1.75. The number of hydrogen-bond acceptors (Lipinski definition) is 7. The van der Waals surface area contributed by atoms with Crippen LogP contribution in [0.4, 0.5) is 0 Å². The van der Waals surface area contributed by atoms with Crippen LogP contribution in [0.2, 0.25) is 0 Å². The van der Waals surface area contributed by atoms with E-state index in [1.807, 2.05) is 6.92 Å². The summed E-state index contributed by atoms with van der Waals surface area (Å²) in [4.78, 5) is 12.2. The van der Waals surface area contributed by atoms with Crippen molar-refractivity contribution in [3.8, 4) is 0 Å². The van der Waals surface area contributed by atoms with Gasteiger partial charge >= 0.3 is 0 Å². The lowest BCUT2D eigenvalue weighted by Gasteiger charge is -2.41. The molecule has 0 radical (unpaired) electrons. The maximum Gasteiger partial charge on any atom is 0.186 e. The molecule has 3 fully saturated rings. The van der Waals surface area contributed by atoms with Crippen molar-refractivity contribution in [2.24, 2.45) is 16.7 Å². The first-order valence-corrected chi connectivity index (χ1v) is 8.12. The van der Waals surface area contributed by atoms with Crippen LogP contribution in [0.15, 0.2) is 0 Å². The van der Waals surface area contributed by atoms with Crippen LogP contribution in [0.1, 0.15) is 33.6 Å². The highest BCUT2D eigenvalue weighted by Gasteiger charge is 2.66. The van der Waals surface area contributed by atoms with Crippen LogP contribution < -0.4 is 0 Å². The monoisotopic (exact) mass is 330 g/mol. The van der Waals surface area contributed by atoms with Gasteiger partial charge < -0.3 is 29.9 Å². The SMILES string of the molecule is CC1(C)[C@H]2CC(=O)[C@]1(C)C[C@H]2O[C@@H]1O[C@H](CO)[C@@H](O)[C@H](O)[C@H]1O. The third-order valence-electron chi connectivity index (χ3n) is 6.59. The minimum atomic E-state index is -1.45. The molecule has 7 heteroatoms. The Morgan fingerprint density at radius 2 is 1.83 bits per heavy atom. The van der Waals surface area contributed by atoms with Gasteiger partial charge in [0.1, 0.15) is 30.2 Å². The second-order valence-electron chi connectivity index (χ2n) is 7.86. The zero-order valence-electron chi connectivity index (χ0n) is 13.7. The fourth-order valence-electron chi connectivity index (χ4n) is 4.46. The van der Waals surface area contributed by atoms with Crippen LogP contribution >= 0.6 is 0 Å². The fraction of sp³-hybridized carbons (Fsp3) is 0.938. The molecule has 1 saturated heterocycles. The third kappa shape index (κ3) is 2.29. The van der Waals surface area contributed by atoms with Crippen molar-refractivity contribution < 1.29 is 34.7 Å². The van der Waals surface area contributed by atoms with E-state index in [1.54, 1.807) is 0 Å². The number of aliphatic hydroxyl groups excluding tert-OH is 4. The Hall–Kier alpha value is -0.570. The van der Waals surface area contributed by atoms with E-state index < -0.39 is 42.7 Å². The number of carbonyl (C=O) groups is 1. The second-order valence-corrected chi connectivity index (χ2v) is 7.86. The molecule has 132 valence electrons. The average molecular weight is 330 g/mol. The predicted octanol–water partition coefficient (Wildman–Crippen LogP) is -0.803. The van der Waals surface area contributed by atoms with Gasteiger partial charge in [0, 0.05) is 11.8 Å². The summed E-state index contributed by atoms with van der Waals surface area (Å²) in [6.07, 6.45) is -5.66. The molecule has 0 unspecified atom stereocenters. The normalized spacial score (nSPS) is 52.1. The van der Waals surface area contributed by atoms with Crippen LogP contribution in [-0.2, 0) is 14.3 Å². The molecule has 7 nitrogen and oxygen atoms in total. The van der Waals surface area contributed by atoms with Crippen LogP contribution in [0.25, 0.3) is 0 Å². The number of ether oxygens (including phenoxy) is 2. The summed E-state index contributed by atoms with van der Waals surface area (Å²) in [6.45, 7) is 5.57. The van der Waals surface area contributed by atoms with Gasteiger partial charge in [0.25, 0.3) is 0 Å². The van der Waals surface area contributed by atoms with Crippen molar-refractivity contribution in [3.63, 3.8) is 0 Å². The highest BCUT2D eigenvalue weighted by atomic mass is 16.7. The molecular formula is C16H26O7. The minimum absolute atomic E-state index is 0.0207. The molecule has 8 atom stereocenters. The smallest absolute Gasteiger partial charge is 0.186 e. The molecule has 1 heterocycles. The molecule has 0 aromatic rings. The van der Waals surface area contributed by atoms with Crippen molar-refractivity contribution in [2.75, 3.05) is 6.61 Å². The zero-order valence-corrected chi connectivity index (χ0v) is 13.7. The van der Waals surface area contributed by atoms with Crippen molar-refractivity contribution in [2.45, 2.75) is 70.4 Å². The summed E-state index contributed by atoms with van der Waals surface area (Å²) in [5.41, 5.74) is -0.667. The quantitative estimate of drug-likeness (QED) is 0.535. The summed E-state index contributed by atoms with van der Waals surface area (Å²) in [5, 5.41) is 39.0. The van der Waals surface area contributed by atoms with Gasteiger partial charge in [-0.05, 0) is 17.8 Å². The van der Waals surface area contributed by atoms with E-state index in [0.717, 1.165) is 0 Å². The van der Waals surface area contributed by atoms with E-state index in [-0.39, 0.29) is 23.2 Å². The number of aliphatic hydroxyl groups is 4. The topological polar surface area (TPSA) is 116 Å². The Labute approximate surface area is 135 Å². The second kappa shape index (κ2) is 5.47. The number of fused-ring (bicyclic) bond motifs is 2. The highest BCUT2D eigenvalue weighted by molar-refractivity contribution is 5.89. The number of ketones is 1. The van der Waals surface area contributed by atoms with Crippen LogP contribution in [0.5, 0.6) is 0 Å². The third-order valence-corrected chi connectivity index (χ3v) is 6.59. The fourth-order valence-corrected chi connectivity index (χ4v) is 4.46. The Morgan fingerprint density at radius 1 is 1.17 bits per heavy atom. The van der Waals surface area contributed by atoms with Gasteiger partial charge in [0.2, 0.25) is 0 Å². The Morgan fingerprint density at radius 3 is 2.30 bits per heavy atom. The van der Waals surface area contributed by atoms with Crippen molar-refractivity contribution >= 4 is 5.78 Å². The predicted molar refractivity (Wildman–Crippen MR) is 78.3 cm³/mol. The van der Waals surface area contributed by atoms with Gasteiger partial charge in [-0.2, -0.15) is 0 Å². The Kier molecular flexibility index (Phi) is 4.11. The molecule has 4 N–H and O–H groups in total. The lowest BCUT2D eigenvalue weighted by atomic mass is 9.70. The summed E-state index contributed by atoms with van der Waals surface area (Å²) in [5.74, 6) is 0.258. The van der Waals surface area contributed by atoms with E-state index in [0.29, 0.717) is 12.8 Å². The lowest BCUT2D eigenvalue weighted by Crippen LogP contribution is -2.60. The van der Waals surface area contributed by atoms with Crippen molar-refractivity contribution in [1.29, 1.82) is 0 Å². The van der Waals surface area contributed by atoms with E-state index in [9.17, 15) is 25.2 Å². The number of carbonyl (C=O) groups excluding carboxylic acids is 1. The summed E-state index contributed by atoms with van der Waals surface area (Å²) in [7, 11) is 0. The summed E-state index contributed by atoms with van der Waals surface area (Å²) >= 11 is 0. The molecule has 3 rings (SSSR count). The largest absolute Gasteiger partial charge is 0.394 e. The molecule has 0 amide bonds. The molecule has 1 aliphatic heterocycles. The summed E-state index contributed by atoms with van der Waals surface area (Å²) < 4.78 is 11.3. The minimum Gasteiger partial charge on any atom is -0.394 e. The Bertz CT molecular complexity index is 491. The van der Waals surface area contributed by atoms with Crippen molar-refractivity contribution in [1.82, 2.24) is 0 Å². The first-order valence-electron chi connectivity index (χ1n) is 8.12. The first-order chi connectivity index (χ1) is 10.6. The molecular weight excluding hydrogens is 304 g/mol. The molecule has 2 bridgehead atoms. The molecule has 0 aromatic carbocycles. The summed E-state index contributed by atoms with van der Waals surface area (Å²) in [6, 6.07) is 0. The van der Waals surface area contributed by atoms with E-state index in [4.69, 9.17) is 9.47 Å². The maximum absolute atomic E-state index is 12.2. The van der Waals surface area contributed by atoms with Crippen LogP contribution in [0, 0.1) is 16.7 Å². The number of Topliss-reactive ketones (excluding diaryl/α,β-unsaturated/α-hetero) is 1. The van der Waals surface area contributed by atoms with E-state index >= 15 is 0 Å². The molecule has 3 aliphatic rings. The van der Waals surface area contributed by atoms with Crippen LogP contribution in [0.3, 0.4) is 0 Å². The standard InChI is InChI=1S/C16H26O7/c1-15(2)7-4-10(18)16(15,3)5-8(7)22-14-13(21)12(20)11(19)9(6-17)23-14/h7-9,11-14,17,19-21H,4-6H2,1-3H3/t7-,8+,9+,11+,12-,13+,14+,16-/m0/s1. The molecule has 2 saturated carbocycles. The van der Waals surface area contributed by atoms with Crippen molar-refractivity contribution in [3.05, 3.63) is 0 Å². The number of hydrogen-bond donors (Lipinski definition) is 4. The van der Waals surface area contributed by atoms with Gasteiger partial charge in [-0.1, -0.05) is 20.8 Å². The van der Waals surface area contributed by atoms with E-state index in [2.05, 4.69) is 13.8 Å². The van der Waals surface area contributed by atoms with Gasteiger partial charge in [-0.3, -0.25) is 4.79 Å². The zero-order chi connectivity index (χ0) is 17.2. The van der Waals surface area contributed by atoms with E-state index in [1.165, 1.54) is 0 Å². The average Bonchev–Trinajstić information content (AvgIpc) is 2.78. The lowest BCUT2D eigenvalue weighted by molar-refractivity contribution is -0.314. The number of rotatable bonds is 3. The van der Waals surface area contributed by atoms with Gasteiger partial charge in [-0.25, -0.2) is 0 Å². The van der Waals surface area contributed by atoms with Gasteiger partial charge in [0.05, 0.1) is 12.7 Å². The molecule has 0 spiro atoms. The highest BCUT2D eigenvalue weighted by Crippen LogP contribution is 2.64. The van der Waals surface area contributed by atoms with Crippen LogP contribution in [-0.4, -0.2) is 69.6 Å².